The van der Waals surface area contributed by atoms with Crippen molar-refractivity contribution >= 4 is 21.6 Å². The molecule has 2 aliphatic rings. The number of fused-ring (bicyclic) bond motifs is 3. The fraction of sp³-hybridized carbons (Fsp3) is 0.174. The summed E-state index contributed by atoms with van der Waals surface area (Å²) >= 11 is 3.59. The molecule has 0 N–H and O–H groups in total. The molecular weight excluding hydrogens is 416 g/mol. The van der Waals surface area contributed by atoms with Gasteiger partial charge in [-0.15, -0.1) is 0 Å². The van der Waals surface area contributed by atoms with Crippen LogP contribution in [0.5, 0.6) is 11.5 Å². The van der Waals surface area contributed by atoms with Gasteiger partial charge in [0.15, 0.2) is 0 Å². The summed E-state index contributed by atoms with van der Waals surface area (Å²) in [6, 6.07) is 24.8. The molecule has 0 amide bonds. The number of hydrazone groups is 1. The number of methoxy groups -OCH3 is 1. The summed E-state index contributed by atoms with van der Waals surface area (Å²) in [4.78, 5) is 0. The maximum absolute atomic E-state index is 6.40. The molecule has 0 fully saturated rings. The first-order chi connectivity index (χ1) is 13.7. The molecule has 0 aliphatic carbocycles. The Morgan fingerprint density at radius 2 is 1.82 bits per heavy atom. The molecule has 0 aromatic heterocycles. The fourth-order valence-electron chi connectivity index (χ4n) is 3.90. The number of rotatable bonds is 3. The van der Waals surface area contributed by atoms with Crippen LogP contribution >= 0.6 is 15.9 Å². The van der Waals surface area contributed by atoms with E-state index in [0.717, 1.165) is 39.2 Å². The molecular formula is C23H19BrN2O2. The molecule has 2 aliphatic heterocycles. The van der Waals surface area contributed by atoms with E-state index in [1.165, 1.54) is 5.56 Å². The number of para-hydroxylation sites is 1. The van der Waals surface area contributed by atoms with E-state index in [-0.39, 0.29) is 12.3 Å². The van der Waals surface area contributed by atoms with Gasteiger partial charge in [0.05, 0.1) is 23.3 Å². The van der Waals surface area contributed by atoms with E-state index in [0.29, 0.717) is 0 Å². The van der Waals surface area contributed by atoms with E-state index in [9.17, 15) is 0 Å². The van der Waals surface area contributed by atoms with Gasteiger partial charge in [-0.2, -0.15) is 5.10 Å². The molecule has 0 radical (unpaired) electrons. The Kier molecular flexibility index (Phi) is 4.32. The van der Waals surface area contributed by atoms with Crippen LogP contribution in [0.25, 0.3) is 0 Å². The van der Waals surface area contributed by atoms with Crippen LogP contribution in [-0.2, 0) is 0 Å². The average molecular weight is 435 g/mol. The summed E-state index contributed by atoms with van der Waals surface area (Å²) in [5, 5.41) is 7.08. The lowest BCUT2D eigenvalue weighted by molar-refractivity contribution is -0.0190. The van der Waals surface area contributed by atoms with Crippen molar-refractivity contribution in [1.29, 1.82) is 0 Å². The lowest BCUT2D eigenvalue weighted by Crippen LogP contribution is -2.33. The molecule has 3 aromatic rings. The van der Waals surface area contributed by atoms with Crippen LogP contribution in [0.3, 0.4) is 0 Å². The Hall–Kier alpha value is -2.79. The van der Waals surface area contributed by atoms with Crippen molar-refractivity contribution in [2.75, 3.05) is 7.11 Å². The number of halogens is 1. The SMILES string of the molecule is COc1ccc([C@H]2Oc3ccccc3[C@H]3CC(c4ccccc4)=NN32)cc1Br. The normalized spacial score (nSPS) is 20.1. The minimum Gasteiger partial charge on any atom is -0.496 e. The lowest BCUT2D eigenvalue weighted by Gasteiger charge is -2.38. The number of hydrogen-bond donors (Lipinski definition) is 0. The Morgan fingerprint density at radius 1 is 1.04 bits per heavy atom. The minimum atomic E-state index is -0.289. The zero-order valence-corrected chi connectivity index (χ0v) is 17.0. The summed E-state index contributed by atoms with van der Waals surface area (Å²) in [6.45, 7) is 0. The standard InChI is InChI=1S/C23H19BrN2O2/c1-27-22-12-11-16(13-18(22)24)23-26-20(17-9-5-6-10-21(17)28-23)14-19(25-26)15-7-3-2-4-8-15/h2-13,20,23H,14H2,1H3/t20-,23-/m1/s1. The number of nitrogens with zero attached hydrogens (tertiary/aromatic N) is 2. The second kappa shape index (κ2) is 6.99. The predicted octanol–water partition coefficient (Wildman–Crippen LogP) is 5.70. The maximum atomic E-state index is 6.40. The van der Waals surface area contributed by atoms with Gasteiger partial charge < -0.3 is 9.47 Å². The third-order valence-corrected chi connectivity index (χ3v) is 5.89. The largest absolute Gasteiger partial charge is 0.496 e. The third kappa shape index (κ3) is 2.87. The van der Waals surface area contributed by atoms with E-state index < -0.39 is 0 Å². The van der Waals surface area contributed by atoms with Gasteiger partial charge >= 0.3 is 0 Å². The first-order valence-electron chi connectivity index (χ1n) is 9.25. The maximum Gasteiger partial charge on any atom is 0.213 e. The van der Waals surface area contributed by atoms with Gasteiger partial charge in [-0.25, -0.2) is 5.01 Å². The highest BCUT2D eigenvalue weighted by atomic mass is 79.9. The van der Waals surface area contributed by atoms with Crippen LogP contribution < -0.4 is 9.47 Å². The molecule has 5 rings (SSSR count). The highest BCUT2D eigenvalue weighted by molar-refractivity contribution is 9.10. The zero-order chi connectivity index (χ0) is 19.1. The molecule has 2 heterocycles. The lowest BCUT2D eigenvalue weighted by atomic mass is 9.96. The average Bonchev–Trinajstić information content (AvgIpc) is 3.19. The molecule has 0 spiro atoms. The zero-order valence-electron chi connectivity index (χ0n) is 15.4. The van der Waals surface area contributed by atoms with Crippen molar-refractivity contribution in [3.8, 4) is 11.5 Å². The van der Waals surface area contributed by atoms with Crippen LogP contribution in [0.2, 0.25) is 0 Å². The van der Waals surface area contributed by atoms with E-state index in [2.05, 4.69) is 57.3 Å². The van der Waals surface area contributed by atoms with Crippen LogP contribution in [0.15, 0.2) is 82.4 Å². The van der Waals surface area contributed by atoms with Crippen LogP contribution in [-0.4, -0.2) is 17.8 Å². The fourth-order valence-corrected chi connectivity index (χ4v) is 4.45. The number of hydrogen-bond acceptors (Lipinski definition) is 4. The number of ether oxygens (including phenoxy) is 2. The molecule has 2 atom stereocenters. The number of benzene rings is 3. The molecule has 0 saturated carbocycles. The highest BCUT2D eigenvalue weighted by Gasteiger charge is 2.40. The monoisotopic (exact) mass is 434 g/mol. The van der Waals surface area contributed by atoms with E-state index in [4.69, 9.17) is 14.6 Å². The van der Waals surface area contributed by atoms with Gasteiger partial charge in [0.2, 0.25) is 6.23 Å². The van der Waals surface area contributed by atoms with Gasteiger partial charge in [0, 0.05) is 17.5 Å². The molecule has 140 valence electrons. The Labute approximate surface area is 172 Å². The van der Waals surface area contributed by atoms with Gasteiger partial charge in [-0.1, -0.05) is 48.5 Å². The summed E-state index contributed by atoms with van der Waals surface area (Å²) in [5.74, 6) is 1.72. The highest BCUT2D eigenvalue weighted by Crippen LogP contribution is 2.47. The van der Waals surface area contributed by atoms with E-state index in [1.807, 2.05) is 36.4 Å². The van der Waals surface area contributed by atoms with Crippen molar-refractivity contribution < 1.29 is 9.47 Å². The molecule has 28 heavy (non-hydrogen) atoms. The van der Waals surface area contributed by atoms with Crippen molar-refractivity contribution in [3.63, 3.8) is 0 Å². The summed E-state index contributed by atoms with van der Waals surface area (Å²) in [6.07, 6.45) is 0.571. The Morgan fingerprint density at radius 3 is 2.61 bits per heavy atom. The first kappa shape index (κ1) is 17.3. The van der Waals surface area contributed by atoms with E-state index >= 15 is 0 Å². The van der Waals surface area contributed by atoms with E-state index in [1.54, 1.807) is 7.11 Å². The molecule has 4 nitrogen and oxygen atoms in total. The van der Waals surface area contributed by atoms with Crippen molar-refractivity contribution in [1.82, 2.24) is 5.01 Å². The Balaban J connectivity index is 1.59. The van der Waals surface area contributed by atoms with Gasteiger partial charge in [-0.05, 0) is 45.8 Å². The van der Waals surface area contributed by atoms with Gasteiger partial charge in [0.25, 0.3) is 0 Å². The first-order valence-corrected chi connectivity index (χ1v) is 10.0. The van der Waals surface area contributed by atoms with Crippen molar-refractivity contribution in [2.45, 2.75) is 18.7 Å². The molecule has 0 unspecified atom stereocenters. The smallest absolute Gasteiger partial charge is 0.213 e. The molecule has 5 heteroatoms. The third-order valence-electron chi connectivity index (χ3n) is 5.27. The summed E-state index contributed by atoms with van der Waals surface area (Å²) < 4.78 is 12.7. The topological polar surface area (TPSA) is 34.1 Å². The Bertz CT molecular complexity index is 1050. The summed E-state index contributed by atoms with van der Waals surface area (Å²) in [7, 11) is 1.67. The van der Waals surface area contributed by atoms with Crippen LogP contribution in [0, 0.1) is 0 Å². The van der Waals surface area contributed by atoms with Crippen LogP contribution in [0.1, 0.15) is 35.4 Å². The quantitative estimate of drug-likeness (QED) is 0.529. The minimum absolute atomic E-state index is 0.158. The van der Waals surface area contributed by atoms with Gasteiger partial charge in [0.1, 0.15) is 11.5 Å². The van der Waals surface area contributed by atoms with Crippen LogP contribution in [0.4, 0.5) is 0 Å². The second-order valence-electron chi connectivity index (χ2n) is 6.91. The van der Waals surface area contributed by atoms with Crippen molar-refractivity contribution in [2.24, 2.45) is 5.10 Å². The molecule has 3 aromatic carbocycles. The van der Waals surface area contributed by atoms with Gasteiger partial charge in [-0.3, -0.25) is 0 Å². The second-order valence-corrected chi connectivity index (χ2v) is 7.77. The molecule has 0 saturated heterocycles. The predicted molar refractivity (Wildman–Crippen MR) is 113 cm³/mol. The van der Waals surface area contributed by atoms with Crippen molar-refractivity contribution in [3.05, 3.63) is 94.0 Å². The molecule has 0 bridgehead atoms. The summed E-state index contributed by atoms with van der Waals surface area (Å²) in [5.41, 5.74) is 4.46.